The highest BCUT2D eigenvalue weighted by Gasteiger charge is 2.10. The SMILES string of the molecule is Cc1ccc2c(Nc3cc(NCc4ccccc4)ccc3Sc3ccc(O)cc3)ccnc2n1. The molecule has 3 aromatic carbocycles. The molecule has 168 valence electrons. The van der Waals surface area contributed by atoms with E-state index in [9.17, 15) is 5.11 Å². The van der Waals surface area contributed by atoms with Crippen LogP contribution in [0.1, 0.15) is 11.3 Å². The van der Waals surface area contributed by atoms with Crippen LogP contribution in [0, 0.1) is 6.92 Å². The van der Waals surface area contributed by atoms with E-state index in [1.54, 1.807) is 30.1 Å². The number of nitrogens with one attached hydrogen (secondary N) is 2. The number of rotatable bonds is 7. The summed E-state index contributed by atoms with van der Waals surface area (Å²) in [7, 11) is 0. The Labute approximate surface area is 202 Å². The van der Waals surface area contributed by atoms with Crippen LogP contribution in [0.3, 0.4) is 0 Å². The summed E-state index contributed by atoms with van der Waals surface area (Å²) in [6, 6.07) is 29.9. The number of phenolic OH excluding ortho intramolecular Hbond substituents is 1. The van der Waals surface area contributed by atoms with Gasteiger partial charge in [-0.3, -0.25) is 0 Å². The molecular formula is C28H24N4OS. The minimum absolute atomic E-state index is 0.259. The van der Waals surface area contributed by atoms with Crippen LogP contribution in [-0.2, 0) is 6.54 Å². The minimum Gasteiger partial charge on any atom is -0.508 e. The number of nitrogens with zero attached hydrogens (tertiary/aromatic N) is 2. The lowest BCUT2D eigenvalue weighted by molar-refractivity contribution is 0.475. The quantitative estimate of drug-likeness (QED) is 0.238. The van der Waals surface area contributed by atoms with E-state index in [1.807, 2.05) is 49.4 Å². The van der Waals surface area contributed by atoms with Crippen molar-refractivity contribution in [2.45, 2.75) is 23.3 Å². The van der Waals surface area contributed by atoms with Crippen LogP contribution in [0.25, 0.3) is 11.0 Å². The number of pyridine rings is 2. The summed E-state index contributed by atoms with van der Waals surface area (Å²) >= 11 is 1.64. The average molecular weight is 465 g/mol. The molecule has 6 heteroatoms. The van der Waals surface area contributed by atoms with Gasteiger partial charge in [0.25, 0.3) is 0 Å². The summed E-state index contributed by atoms with van der Waals surface area (Å²) in [5.41, 5.74) is 5.83. The molecule has 5 aromatic rings. The van der Waals surface area contributed by atoms with Gasteiger partial charge in [0.05, 0.1) is 11.4 Å². The maximum Gasteiger partial charge on any atom is 0.161 e. The number of hydrogen-bond donors (Lipinski definition) is 3. The van der Waals surface area contributed by atoms with E-state index in [1.165, 1.54) is 5.56 Å². The number of aryl methyl sites for hydroxylation is 1. The van der Waals surface area contributed by atoms with E-state index in [-0.39, 0.29) is 5.75 Å². The summed E-state index contributed by atoms with van der Waals surface area (Å²) in [6.07, 6.45) is 1.78. The zero-order chi connectivity index (χ0) is 23.3. The minimum atomic E-state index is 0.259. The molecule has 0 saturated heterocycles. The van der Waals surface area contributed by atoms with Crippen molar-refractivity contribution >= 4 is 39.9 Å². The molecule has 5 rings (SSSR count). The number of aromatic nitrogens is 2. The molecule has 0 amide bonds. The topological polar surface area (TPSA) is 70.1 Å². The van der Waals surface area contributed by atoms with Crippen LogP contribution in [0.5, 0.6) is 5.75 Å². The van der Waals surface area contributed by atoms with E-state index >= 15 is 0 Å². The highest BCUT2D eigenvalue weighted by molar-refractivity contribution is 7.99. The second kappa shape index (κ2) is 9.85. The Morgan fingerprint density at radius 2 is 1.68 bits per heavy atom. The number of fused-ring (bicyclic) bond motifs is 1. The van der Waals surface area contributed by atoms with Gasteiger partial charge in [0.2, 0.25) is 0 Å². The van der Waals surface area contributed by atoms with Crippen molar-refractivity contribution in [2.24, 2.45) is 0 Å². The van der Waals surface area contributed by atoms with Crippen LogP contribution in [0.4, 0.5) is 17.1 Å². The zero-order valence-corrected chi connectivity index (χ0v) is 19.5. The molecule has 0 aliphatic heterocycles. The number of phenols is 1. The number of anilines is 3. The Bertz CT molecular complexity index is 1420. The van der Waals surface area contributed by atoms with Crippen LogP contribution < -0.4 is 10.6 Å². The molecule has 0 bridgehead atoms. The van der Waals surface area contributed by atoms with Crippen molar-refractivity contribution in [2.75, 3.05) is 10.6 Å². The third kappa shape index (κ3) is 5.13. The van der Waals surface area contributed by atoms with Gasteiger partial charge in [-0.25, -0.2) is 9.97 Å². The van der Waals surface area contributed by atoms with Gasteiger partial charge in [0, 0.05) is 39.3 Å². The molecule has 3 N–H and O–H groups in total. The summed E-state index contributed by atoms with van der Waals surface area (Å²) in [5.74, 6) is 0.259. The molecule has 2 heterocycles. The monoisotopic (exact) mass is 464 g/mol. The molecule has 34 heavy (non-hydrogen) atoms. The van der Waals surface area contributed by atoms with Gasteiger partial charge >= 0.3 is 0 Å². The Kier molecular flexibility index (Phi) is 6.31. The summed E-state index contributed by atoms with van der Waals surface area (Å²) in [4.78, 5) is 11.1. The van der Waals surface area contributed by atoms with Crippen molar-refractivity contribution in [3.63, 3.8) is 0 Å². The fourth-order valence-electron chi connectivity index (χ4n) is 3.65. The third-order valence-electron chi connectivity index (χ3n) is 5.40. The fourth-order valence-corrected chi connectivity index (χ4v) is 4.53. The molecule has 2 aromatic heterocycles. The molecular weight excluding hydrogens is 440 g/mol. The van der Waals surface area contributed by atoms with Gasteiger partial charge in [-0.05, 0) is 73.2 Å². The number of aromatic hydroxyl groups is 1. The molecule has 0 aliphatic rings. The second-order valence-electron chi connectivity index (χ2n) is 7.95. The van der Waals surface area contributed by atoms with Crippen LogP contribution in [-0.4, -0.2) is 15.1 Å². The van der Waals surface area contributed by atoms with Gasteiger partial charge < -0.3 is 15.7 Å². The van der Waals surface area contributed by atoms with Crippen molar-refractivity contribution in [1.82, 2.24) is 9.97 Å². The van der Waals surface area contributed by atoms with Crippen LogP contribution >= 0.6 is 11.8 Å². The molecule has 0 aliphatic carbocycles. The molecule has 0 spiro atoms. The number of hydrogen-bond acceptors (Lipinski definition) is 6. The van der Waals surface area contributed by atoms with Crippen molar-refractivity contribution in [3.8, 4) is 5.75 Å². The molecule has 0 saturated carbocycles. The van der Waals surface area contributed by atoms with Crippen molar-refractivity contribution in [3.05, 3.63) is 108 Å². The fraction of sp³-hybridized carbons (Fsp3) is 0.0714. The normalized spacial score (nSPS) is 10.9. The lowest BCUT2D eigenvalue weighted by atomic mass is 10.2. The maximum atomic E-state index is 9.64. The van der Waals surface area contributed by atoms with E-state index in [2.05, 4.69) is 57.0 Å². The lowest BCUT2D eigenvalue weighted by Crippen LogP contribution is -2.01. The molecule has 0 fully saturated rings. The van der Waals surface area contributed by atoms with Gasteiger partial charge in [0.15, 0.2) is 5.65 Å². The van der Waals surface area contributed by atoms with Gasteiger partial charge in [-0.2, -0.15) is 0 Å². The number of benzene rings is 3. The predicted molar refractivity (Wildman–Crippen MR) is 140 cm³/mol. The molecule has 0 radical (unpaired) electrons. The highest BCUT2D eigenvalue weighted by atomic mass is 32.2. The molecule has 0 unspecified atom stereocenters. The third-order valence-corrected chi connectivity index (χ3v) is 6.48. The summed E-state index contributed by atoms with van der Waals surface area (Å²) in [5, 5.41) is 17.7. The van der Waals surface area contributed by atoms with Crippen molar-refractivity contribution < 1.29 is 5.11 Å². The van der Waals surface area contributed by atoms with E-state index in [4.69, 9.17) is 0 Å². The highest BCUT2D eigenvalue weighted by Crippen LogP contribution is 2.38. The Morgan fingerprint density at radius 3 is 2.50 bits per heavy atom. The second-order valence-corrected chi connectivity index (χ2v) is 9.07. The Morgan fingerprint density at radius 1 is 0.853 bits per heavy atom. The van der Waals surface area contributed by atoms with Crippen LogP contribution in [0.2, 0.25) is 0 Å². The molecule has 0 atom stereocenters. The largest absolute Gasteiger partial charge is 0.508 e. The van der Waals surface area contributed by atoms with E-state index in [0.29, 0.717) is 0 Å². The van der Waals surface area contributed by atoms with Gasteiger partial charge in [-0.1, -0.05) is 42.1 Å². The lowest BCUT2D eigenvalue weighted by Gasteiger charge is -2.16. The van der Waals surface area contributed by atoms with Gasteiger partial charge in [-0.15, -0.1) is 0 Å². The van der Waals surface area contributed by atoms with Gasteiger partial charge in [0.1, 0.15) is 5.75 Å². The summed E-state index contributed by atoms with van der Waals surface area (Å²) < 4.78 is 0. The first-order chi connectivity index (χ1) is 16.6. The molecule has 5 nitrogen and oxygen atoms in total. The van der Waals surface area contributed by atoms with E-state index in [0.717, 1.165) is 50.1 Å². The maximum absolute atomic E-state index is 9.64. The Balaban J connectivity index is 1.48. The van der Waals surface area contributed by atoms with Crippen molar-refractivity contribution in [1.29, 1.82) is 0 Å². The summed E-state index contributed by atoms with van der Waals surface area (Å²) in [6.45, 7) is 2.71. The van der Waals surface area contributed by atoms with Crippen LogP contribution in [0.15, 0.2) is 107 Å². The first-order valence-electron chi connectivity index (χ1n) is 11.0. The zero-order valence-electron chi connectivity index (χ0n) is 18.7. The van der Waals surface area contributed by atoms with E-state index < -0.39 is 0 Å². The first-order valence-corrected chi connectivity index (χ1v) is 11.8. The average Bonchev–Trinajstić information content (AvgIpc) is 2.86. The standard InChI is InChI=1S/C28H24N4OS/c1-19-7-13-24-25(15-16-29-28(24)31-19)32-26-17-21(30-18-20-5-3-2-4-6-20)8-14-27(26)34-23-11-9-22(33)10-12-23/h2-17,30,33H,18H2,1H3,(H,29,31,32). The predicted octanol–water partition coefficient (Wildman–Crippen LogP) is 7.15. The smallest absolute Gasteiger partial charge is 0.161 e. The Hall–Kier alpha value is -4.03. The first kappa shape index (κ1) is 21.8.